The van der Waals surface area contributed by atoms with Crippen molar-refractivity contribution in [1.82, 2.24) is 10.5 Å². The molecule has 6 heteroatoms. The van der Waals surface area contributed by atoms with E-state index in [0.717, 1.165) is 40.8 Å². The zero-order valence-electron chi connectivity index (χ0n) is 19.4. The zero-order chi connectivity index (χ0) is 23.9. The number of halogens is 1. The number of amides is 1. The molecule has 0 bridgehead atoms. The van der Waals surface area contributed by atoms with Crippen LogP contribution in [0.5, 0.6) is 0 Å². The Balaban J connectivity index is 1.41. The number of carbonyl (C=O) groups excluding carboxylic acids is 1. The first-order valence-corrected chi connectivity index (χ1v) is 11.3. The molecule has 1 aromatic heterocycles. The van der Waals surface area contributed by atoms with Crippen LogP contribution in [0.3, 0.4) is 0 Å². The minimum absolute atomic E-state index is 0.238. The van der Waals surface area contributed by atoms with Gasteiger partial charge in [0.1, 0.15) is 11.4 Å². The maximum absolute atomic E-state index is 13.4. The van der Waals surface area contributed by atoms with Crippen LogP contribution in [0.25, 0.3) is 22.5 Å². The summed E-state index contributed by atoms with van der Waals surface area (Å²) in [6.45, 7) is 1.76. The molecule has 0 saturated heterocycles. The maximum Gasteiger partial charge on any atom is 0.257 e. The van der Waals surface area contributed by atoms with Gasteiger partial charge in [0, 0.05) is 25.3 Å². The number of aryl methyl sites for hydroxylation is 1. The number of anilines is 1. The van der Waals surface area contributed by atoms with Crippen LogP contribution in [-0.4, -0.2) is 25.2 Å². The van der Waals surface area contributed by atoms with Crippen LogP contribution in [0.2, 0.25) is 0 Å². The maximum atomic E-state index is 13.4. The van der Waals surface area contributed by atoms with Crippen molar-refractivity contribution in [3.63, 3.8) is 0 Å². The van der Waals surface area contributed by atoms with Gasteiger partial charge in [0.2, 0.25) is 0 Å². The predicted molar refractivity (Wildman–Crippen MR) is 131 cm³/mol. The van der Waals surface area contributed by atoms with Crippen LogP contribution in [-0.2, 0) is 5.54 Å². The Morgan fingerprint density at radius 3 is 2.29 bits per heavy atom. The van der Waals surface area contributed by atoms with E-state index in [2.05, 4.69) is 33.6 Å². The lowest BCUT2D eigenvalue weighted by atomic mass is 10.00. The van der Waals surface area contributed by atoms with E-state index in [1.165, 1.54) is 12.1 Å². The Hall–Kier alpha value is -3.93. The van der Waals surface area contributed by atoms with E-state index in [4.69, 9.17) is 4.52 Å². The van der Waals surface area contributed by atoms with Gasteiger partial charge < -0.3 is 14.7 Å². The van der Waals surface area contributed by atoms with Gasteiger partial charge in [-0.1, -0.05) is 53.7 Å². The van der Waals surface area contributed by atoms with Crippen LogP contribution in [0.4, 0.5) is 10.1 Å². The van der Waals surface area contributed by atoms with E-state index in [1.807, 2.05) is 44.4 Å². The standard InChI is InChI=1S/C28H26FN3O2/c1-18-25(27(33)30-28(15-16-28)22-11-13-23(29)14-12-22)26(34-31-18)20-9-7-19(8-10-20)21-5-4-6-24(17-21)32(2)3/h4-14,17H,15-16H2,1-3H3,(H,30,33). The average molecular weight is 456 g/mol. The second-order valence-corrected chi connectivity index (χ2v) is 9.04. The van der Waals surface area contributed by atoms with Crippen molar-refractivity contribution in [2.75, 3.05) is 19.0 Å². The molecular weight excluding hydrogens is 429 g/mol. The Kier molecular flexibility index (Phi) is 5.44. The highest BCUT2D eigenvalue weighted by Gasteiger charge is 2.46. The van der Waals surface area contributed by atoms with Gasteiger partial charge in [-0.15, -0.1) is 0 Å². The van der Waals surface area contributed by atoms with Crippen molar-refractivity contribution in [3.05, 3.63) is 95.4 Å². The average Bonchev–Trinajstić information content (AvgIpc) is 3.51. The highest BCUT2D eigenvalue weighted by Crippen LogP contribution is 2.46. The van der Waals surface area contributed by atoms with E-state index in [-0.39, 0.29) is 11.7 Å². The molecular formula is C28H26FN3O2. The van der Waals surface area contributed by atoms with Gasteiger partial charge >= 0.3 is 0 Å². The zero-order valence-corrected chi connectivity index (χ0v) is 19.4. The fourth-order valence-corrected chi connectivity index (χ4v) is 4.27. The second kappa shape index (κ2) is 8.45. The number of nitrogens with zero attached hydrogens (tertiary/aromatic N) is 2. The van der Waals surface area contributed by atoms with Crippen molar-refractivity contribution >= 4 is 11.6 Å². The SMILES string of the molecule is Cc1noc(-c2ccc(-c3cccc(N(C)C)c3)cc2)c1C(=O)NC1(c2ccc(F)cc2)CC1. The molecule has 1 aliphatic carbocycles. The van der Waals surface area contributed by atoms with E-state index >= 15 is 0 Å². The lowest BCUT2D eigenvalue weighted by Gasteiger charge is -2.18. The molecule has 1 N–H and O–H groups in total. The molecule has 1 heterocycles. The third-order valence-corrected chi connectivity index (χ3v) is 6.43. The number of hydrogen-bond donors (Lipinski definition) is 1. The Labute approximate surface area is 198 Å². The normalized spacial score (nSPS) is 14.0. The van der Waals surface area contributed by atoms with Gasteiger partial charge in [0.05, 0.1) is 11.2 Å². The third-order valence-electron chi connectivity index (χ3n) is 6.43. The fraction of sp³-hybridized carbons (Fsp3) is 0.214. The fourth-order valence-electron chi connectivity index (χ4n) is 4.27. The van der Waals surface area contributed by atoms with Crippen molar-refractivity contribution in [2.24, 2.45) is 0 Å². The van der Waals surface area contributed by atoms with Gasteiger partial charge in [-0.3, -0.25) is 4.79 Å². The number of carbonyl (C=O) groups is 1. The van der Waals surface area contributed by atoms with Crippen LogP contribution in [0.15, 0.2) is 77.3 Å². The van der Waals surface area contributed by atoms with E-state index in [9.17, 15) is 9.18 Å². The van der Waals surface area contributed by atoms with Crippen LogP contribution < -0.4 is 10.2 Å². The van der Waals surface area contributed by atoms with Crippen molar-refractivity contribution in [3.8, 4) is 22.5 Å². The second-order valence-electron chi connectivity index (χ2n) is 9.04. The Morgan fingerprint density at radius 2 is 1.65 bits per heavy atom. The molecule has 0 unspecified atom stereocenters. The predicted octanol–water partition coefficient (Wildman–Crippen LogP) is 5.94. The first-order chi connectivity index (χ1) is 16.4. The molecule has 4 aromatic rings. The van der Waals surface area contributed by atoms with E-state index in [0.29, 0.717) is 17.0 Å². The van der Waals surface area contributed by atoms with Crippen molar-refractivity contribution < 1.29 is 13.7 Å². The minimum atomic E-state index is -0.465. The Bertz CT molecular complexity index is 1340. The first-order valence-electron chi connectivity index (χ1n) is 11.3. The number of benzene rings is 3. The molecule has 0 spiro atoms. The number of nitrogens with one attached hydrogen (secondary N) is 1. The van der Waals surface area contributed by atoms with Gasteiger partial charge in [0.15, 0.2) is 5.76 Å². The molecule has 3 aromatic carbocycles. The summed E-state index contributed by atoms with van der Waals surface area (Å²) in [6.07, 6.45) is 1.62. The number of aromatic nitrogens is 1. The highest BCUT2D eigenvalue weighted by atomic mass is 19.1. The molecule has 34 heavy (non-hydrogen) atoms. The molecule has 1 fully saturated rings. The van der Waals surface area contributed by atoms with Crippen LogP contribution in [0.1, 0.15) is 34.5 Å². The Morgan fingerprint density at radius 1 is 0.971 bits per heavy atom. The molecule has 5 rings (SSSR count). The third kappa shape index (κ3) is 4.07. The largest absolute Gasteiger partial charge is 0.378 e. The number of rotatable bonds is 6. The molecule has 1 aliphatic rings. The summed E-state index contributed by atoms with van der Waals surface area (Å²) in [5.74, 6) is -0.0863. The smallest absolute Gasteiger partial charge is 0.257 e. The molecule has 0 radical (unpaired) electrons. The summed E-state index contributed by atoms with van der Waals surface area (Å²) in [6, 6.07) is 22.6. The summed E-state index contributed by atoms with van der Waals surface area (Å²) in [7, 11) is 4.03. The van der Waals surface area contributed by atoms with Gasteiger partial charge in [0.25, 0.3) is 5.91 Å². The van der Waals surface area contributed by atoms with Gasteiger partial charge in [-0.2, -0.15) is 0 Å². The topological polar surface area (TPSA) is 58.4 Å². The molecule has 0 aliphatic heterocycles. The molecule has 1 saturated carbocycles. The molecule has 172 valence electrons. The summed E-state index contributed by atoms with van der Waals surface area (Å²) in [5, 5.41) is 7.21. The quantitative estimate of drug-likeness (QED) is 0.391. The molecule has 1 amide bonds. The molecule has 5 nitrogen and oxygen atoms in total. The van der Waals surface area contributed by atoms with E-state index in [1.54, 1.807) is 19.1 Å². The van der Waals surface area contributed by atoms with Gasteiger partial charge in [-0.25, -0.2) is 4.39 Å². The lowest BCUT2D eigenvalue weighted by molar-refractivity contribution is 0.0930. The van der Waals surface area contributed by atoms with Gasteiger partial charge in [-0.05, 0) is 60.7 Å². The van der Waals surface area contributed by atoms with Crippen molar-refractivity contribution in [1.29, 1.82) is 0 Å². The summed E-state index contributed by atoms with van der Waals surface area (Å²) in [4.78, 5) is 15.4. The summed E-state index contributed by atoms with van der Waals surface area (Å²) < 4.78 is 18.9. The van der Waals surface area contributed by atoms with E-state index < -0.39 is 5.54 Å². The van der Waals surface area contributed by atoms with Crippen LogP contribution in [0, 0.1) is 12.7 Å². The first kappa shape index (κ1) is 21.9. The molecule has 0 atom stereocenters. The van der Waals surface area contributed by atoms with Crippen molar-refractivity contribution in [2.45, 2.75) is 25.3 Å². The van der Waals surface area contributed by atoms with Crippen LogP contribution >= 0.6 is 0 Å². The number of hydrogen-bond acceptors (Lipinski definition) is 4. The summed E-state index contributed by atoms with van der Waals surface area (Å²) in [5.41, 5.74) is 5.49. The minimum Gasteiger partial charge on any atom is -0.378 e. The highest BCUT2D eigenvalue weighted by molar-refractivity contribution is 6.01. The summed E-state index contributed by atoms with van der Waals surface area (Å²) >= 11 is 0. The lowest BCUT2D eigenvalue weighted by Crippen LogP contribution is -2.35. The monoisotopic (exact) mass is 455 g/mol.